The number of rotatable bonds is 1. The maximum absolute atomic E-state index is 12.1. The minimum atomic E-state index is -0.117. The van der Waals surface area contributed by atoms with Gasteiger partial charge in [0.05, 0.1) is 5.56 Å². The fraction of sp³-hybridized carbons (Fsp3) is 0. The summed E-state index contributed by atoms with van der Waals surface area (Å²) in [5, 5.41) is 0. The average Bonchev–Trinajstić information content (AvgIpc) is 2.39. The molecule has 0 amide bonds. The van der Waals surface area contributed by atoms with Gasteiger partial charge in [0, 0.05) is 12.1 Å². The van der Waals surface area contributed by atoms with Crippen LogP contribution in [0.3, 0.4) is 0 Å². The summed E-state index contributed by atoms with van der Waals surface area (Å²) in [4.78, 5) is 12.1. The minimum absolute atomic E-state index is 0. The van der Waals surface area contributed by atoms with Crippen LogP contribution in [-0.2, 0) is 0 Å². The number of halogens is 1. The molecule has 1 aromatic heterocycles. The van der Waals surface area contributed by atoms with Crippen LogP contribution in [0.15, 0.2) is 54.7 Å². The van der Waals surface area contributed by atoms with E-state index in [0.29, 0.717) is 11.3 Å². The molecule has 0 radical (unpaired) electrons. The number of hydrogen-bond acceptors (Lipinski definition) is 1. The van der Waals surface area contributed by atoms with Crippen LogP contribution in [0.5, 0.6) is 0 Å². The van der Waals surface area contributed by atoms with Gasteiger partial charge in [0.25, 0.3) is 5.69 Å². The van der Waals surface area contributed by atoms with Gasteiger partial charge in [0.1, 0.15) is 0 Å². The summed E-state index contributed by atoms with van der Waals surface area (Å²) in [6.07, 6.45) is 7.01. The molecule has 1 heterocycles. The topological polar surface area (TPSA) is 20.9 Å². The highest BCUT2D eigenvalue weighted by Crippen LogP contribution is 1.99. The monoisotopic (exact) mass is 243 g/mol. The molecule has 0 aliphatic heterocycles. The van der Waals surface area contributed by atoms with Crippen molar-refractivity contribution in [1.82, 2.24) is 0 Å². The molecule has 84 valence electrons. The zero-order valence-electron chi connectivity index (χ0n) is 9.01. The molecule has 0 saturated heterocycles. The molecule has 0 bridgehead atoms. The molecule has 1 aromatic carbocycles. The average molecular weight is 244 g/mol. The summed E-state index contributed by atoms with van der Waals surface area (Å²) in [5.74, 6) is 2.37. The first-order valence-electron chi connectivity index (χ1n) is 4.90. The van der Waals surface area contributed by atoms with E-state index in [1.807, 2.05) is 24.3 Å². The first-order valence-corrected chi connectivity index (χ1v) is 4.90. The van der Waals surface area contributed by atoms with Gasteiger partial charge in [-0.3, -0.25) is 0 Å². The Kier molecular flexibility index (Phi) is 4.45. The molecular formula is C14H10ClNO. The Morgan fingerprint density at radius 2 is 1.71 bits per heavy atom. The minimum Gasteiger partial charge on any atom is -1.00 e. The molecule has 0 N–H and O–H groups in total. The van der Waals surface area contributed by atoms with Crippen molar-refractivity contribution >= 4 is 5.91 Å². The van der Waals surface area contributed by atoms with Gasteiger partial charge in [-0.05, 0) is 24.1 Å². The quantitative estimate of drug-likeness (QED) is 0.448. The van der Waals surface area contributed by atoms with E-state index >= 15 is 0 Å². The number of carbonyl (C=O) groups excluding carboxylic acids is 1. The number of aromatic nitrogens is 1. The van der Waals surface area contributed by atoms with Crippen LogP contribution in [-0.4, -0.2) is 5.91 Å². The fourth-order valence-corrected chi connectivity index (χ4v) is 1.46. The van der Waals surface area contributed by atoms with Gasteiger partial charge >= 0.3 is 5.91 Å². The largest absolute Gasteiger partial charge is 1.00 e. The van der Waals surface area contributed by atoms with Gasteiger partial charge in [-0.2, -0.15) is 0 Å². The summed E-state index contributed by atoms with van der Waals surface area (Å²) < 4.78 is 1.47. The number of terminal acetylenes is 1. The van der Waals surface area contributed by atoms with Crippen LogP contribution in [0, 0.1) is 12.3 Å². The lowest BCUT2D eigenvalue weighted by Gasteiger charge is -1.96. The number of benzene rings is 1. The van der Waals surface area contributed by atoms with Crippen molar-refractivity contribution < 1.29 is 21.8 Å². The molecule has 3 heteroatoms. The van der Waals surface area contributed by atoms with Crippen LogP contribution in [0.25, 0.3) is 0 Å². The predicted octanol–water partition coefficient (Wildman–Crippen LogP) is -1.35. The molecule has 2 rings (SSSR count). The Balaban J connectivity index is 0.00000144. The number of nitrogens with zero attached hydrogens (tertiary/aromatic N) is 1. The van der Waals surface area contributed by atoms with Crippen molar-refractivity contribution in [3.8, 4) is 12.3 Å². The van der Waals surface area contributed by atoms with E-state index in [1.54, 1.807) is 30.5 Å². The maximum Gasteiger partial charge on any atom is 0.425 e. The van der Waals surface area contributed by atoms with Crippen molar-refractivity contribution in [3.05, 3.63) is 66.0 Å². The van der Waals surface area contributed by atoms with Crippen LogP contribution in [0.4, 0.5) is 0 Å². The second-order valence-electron chi connectivity index (χ2n) is 3.27. The Bertz CT molecular complexity index is 558. The van der Waals surface area contributed by atoms with E-state index < -0.39 is 0 Å². The first-order chi connectivity index (χ1) is 7.83. The smallest absolute Gasteiger partial charge is 0.425 e. The van der Waals surface area contributed by atoms with Crippen molar-refractivity contribution in [3.63, 3.8) is 0 Å². The van der Waals surface area contributed by atoms with Crippen molar-refractivity contribution in [2.24, 2.45) is 0 Å². The van der Waals surface area contributed by atoms with Crippen molar-refractivity contribution in [2.45, 2.75) is 0 Å². The molecule has 0 unspecified atom stereocenters. The summed E-state index contributed by atoms with van der Waals surface area (Å²) in [6, 6.07) is 14.4. The summed E-state index contributed by atoms with van der Waals surface area (Å²) in [5.41, 5.74) is 1.17. The van der Waals surface area contributed by atoms with Gasteiger partial charge in [-0.15, -0.1) is 11.0 Å². The normalized spacial score (nSPS) is 8.88. The third-order valence-electron chi connectivity index (χ3n) is 2.25. The lowest BCUT2D eigenvalue weighted by atomic mass is 10.2. The van der Waals surface area contributed by atoms with E-state index in [-0.39, 0.29) is 18.3 Å². The highest BCUT2D eigenvalue weighted by molar-refractivity contribution is 5.87. The third kappa shape index (κ3) is 2.72. The van der Waals surface area contributed by atoms with Crippen LogP contribution in [0.1, 0.15) is 16.1 Å². The highest BCUT2D eigenvalue weighted by atomic mass is 35.5. The molecule has 0 spiro atoms. The fourth-order valence-electron chi connectivity index (χ4n) is 1.46. The van der Waals surface area contributed by atoms with Gasteiger partial charge in [0.2, 0.25) is 0 Å². The number of pyridine rings is 1. The van der Waals surface area contributed by atoms with E-state index in [4.69, 9.17) is 6.42 Å². The molecular weight excluding hydrogens is 234 g/mol. The van der Waals surface area contributed by atoms with Crippen molar-refractivity contribution in [2.75, 3.05) is 0 Å². The van der Waals surface area contributed by atoms with E-state index in [9.17, 15) is 4.79 Å². The van der Waals surface area contributed by atoms with Crippen molar-refractivity contribution in [1.29, 1.82) is 0 Å². The summed E-state index contributed by atoms with van der Waals surface area (Å²) >= 11 is 0. The Morgan fingerprint density at radius 3 is 2.35 bits per heavy atom. The molecule has 0 fully saturated rings. The molecule has 0 aliphatic rings. The Labute approximate surface area is 106 Å². The molecule has 2 nitrogen and oxygen atoms in total. The third-order valence-corrected chi connectivity index (χ3v) is 2.25. The second kappa shape index (κ2) is 5.83. The van der Waals surface area contributed by atoms with Gasteiger partial charge in [0.15, 0.2) is 6.20 Å². The molecule has 0 saturated carbocycles. The molecule has 0 aliphatic carbocycles. The molecule has 2 aromatic rings. The second-order valence-corrected chi connectivity index (χ2v) is 3.27. The van der Waals surface area contributed by atoms with E-state index in [0.717, 1.165) is 0 Å². The zero-order valence-corrected chi connectivity index (χ0v) is 9.76. The standard InChI is InChI=1S/C14H10NO.ClH/c1-2-13-10-6-7-11-15(13)14(16)12-8-4-3-5-9-12;/h1,3-11H;1H/q+1;/p-1. The van der Waals surface area contributed by atoms with Gasteiger partial charge < -0.3 is 12.4 Å². The van der Waals surface area contributed by atoms with Crippen LogP contribution in [0.2, 0.25) is 0 Å². The molecule has 0 atom stereocenters. The maximum atomic E-state index is 12.1. The Hall–Kier alpha value is -2.11. The van der Waals surface area contributed by atoms with Gasteiger partial charge in [-0.25, -0.2) is 4.79 Å². The zero-order chi connectivity index (χ0) is 11.4. The van der Waals surface area contributed by atoms with E-state index in [1.165, 1.54) is 4.57 Å². The first kappa shape index (κ1) is 13.0. The highest BCUT2D eigenvalue weighted by Gasteiger charge is 2.19. The van der Waals surface area contributed by atoms with Crippen LogP contribution >= 0.6 is 0 Å². The summed E-state index contributed by atoms with van der Waals surface area (Å²) in [6.45, 7) is 0. The van der Waals surface area contributed by atoms with Crippen LogP contribution < -0.4 is 17.0 Å². The summed E-state index contributed by atoms with van der Waals surface area (Å²) in [7, 11) is 0. The lowest BCUT2D eigenvalue weighted by molar-refractivity contribution is -0.573. The van der Waals surface area contributed by atoms with Gasteiger partial charge in [-0.1, -0.05) is 18.2 Å². The number of hydrogen-bond donors (Lipinski definition) is 0. The predicted molar refractivity (Wildman–Crippen MR) is 60.7 cm³/mol. The Morgan fingerprint density at radius 1 is 1.06 bits per heavy atom. The molecule has 17 heavy (non-hydrogen) atoms. The number of carbonyl (C=O) groups is 1. The SMILES string of the molecule is C#Cc1cccc[n+]1C(=O)c1ccccc1.[Cl-]. The lowest BCUT2D eigenvalue weighted by Crippen LogP contribution is -3.00. The van der Waals surface area contributed by atoms with E-state index in [2.05, 4.69) is 5.92 Å².